The number of hydrogen-bond acceptors (Lipinski definition) is 2. The van der Waals surface area contributed by atoms with E-state index in [2.05, 4.69) is 55.0 Å². The molecule has 2 aromatic carbocycles. The van der Waals surface area contributed by atoms with Crippen LogP contribution in [0.5, 0.6) is 0 Å². The van der Waals surface area contributed by atoms with Gasteiger partial charge in [0.25, 0.3) is 0 Å². The fraction of sp³-hybridized carbons (Fsp3) is 0.0526. The highest BCUT2D eigenvalue weighted by molar-refractivity contribution is 5.63. The van der Waals surface area contributed by atoms with Gasteiger partial charge < -0.3 is 5.43 Å². The minimum atomic E-state index is 0.710. The zero-order valence-corrected chi connectivity index (χ0v) is 12.0. The van der Waals surface area contributed by atoms with Crippen molar-refractivity contribution in [2.24, 2.45) is 5.84 Å². The van der Waals surface area contributed by atoms with Crippen molar-refractivity contribution < 1.29 is 0 Å². The topological polar surface area (TPSA) is 38.0 Å². The monoisotopic (exact) mass is 276 g/mol. The fourth-order valence-corrected chi connectivity index (χ4v) is 2.17. The summed E-state index contributed by atoms with van der Waals surface area (Å²) in [5.74, 6) is 5.43. The molecule has 0 aliphatic carbocycles. The van der Waals surface area contributed by atoms with Crippen molar-refractivity contribution in [2.75, 3.05) is 0 Å². The van der Waals surface area contributed by atoms with Crippen molar-refractivity contribution in [3.8, 4) is 11.1 Å². The van der Waals surface area contributed by atoms with Crippen LogP contribution in [-0.4, -0.2) is 0 Å². The first-order valence-corrected chi connectivity index (χ1v) is 6.86. The van der Waals surface area contributed by atoms with Crippen molar-refractivity contribution in [1.29, 1.82) is 0 Å². The molecule has 2 rings (SSSR count). The molecule has 0 fully saturated rings. The molecular weight excluding hydrogens is 256 g/mol. The van der Waals surface area contributed by atoms with E-state index in [-0.39, 0.29) is 0 Å². The molecular formula is C19H20N2. The van der Waals surface area contributed by atoms with Crippen LogP contribution in [0.2, 0.25) is 0 Å². The highest BCUT2D eigenvalue weighted by Crippen LogP contribution is 2.21. The van der Waals surface area contributed by atoms with Gasteiger partial charge in [0.1, 0.15) is 0 Å². The Morgan fingerprint density at radius 3 is 2.19 bits per heavy atom. The maximum Gasteiger partial charge on any atom is 0.0448 e. The van der Waals surface area contributed by atoms with Gasteiger partial charge in [-0.05, 0) is 28.7 Å². The van der Waals surface area contributed by atoms with E-state index in [1.54, 1.807) is 6.08 Å². The Balaban J connectivity index is 2.17. The molecule has 0 unspecified atom stereocenters. The average molecular weight is 276 g/mol. The number of nitrogens with two attached hydrogens (primary N) is 1. The van der Waals surface area contributed by atoms with Gasteiger partial charge in [0, 0.05) is 5.70 Å². The molecule has 0 aliphatic rings. The number of benzene rings is 2. The van der Waals surface area contributed by atoms with E-state index in [0.29, 0.717) is 5.70 Å². The summed E-state index contributed by atoms with van der Waals surface area (Å²) in [5, 5.41) is 0. The van der Waals surface area contributed by atoms with E-state index in [0.717, 1.165) is 12.0 Å². The molecule has 0 aliphatic heterocycles. The van der Waals surface area contributed by atoms with Crippen LogP contribution in [0, 0.1) is 0 Å². The van der Waals surface area contributed by atoms with Gasteiger partial charge in [-0.25, -0.2) is 0 Å². The van der Waals surface area contributed by atoms with Crippen LogP contribution in [0.1, 0.15) is 5.56 Å². The average Bonchev–Trinajstić information content (AvgIpc) is 2.55. The molecule has 0 aromatic heterocycles. The minimum absolute atomic E-state index is 0.710. The van der Waals surface area contributed by atoms with Gasteiger partial charge in [-0.1, -0.05) is 79.9 Å². The van der Waals surface area contributed by atoms with Gasteiger partial charge >= 0.3 is 0 Å². The van der Waals surface area contributed by atoms with E-state index < -0.39 is 0 Å². The SMILES string of the molecule is C=C/C=C(/Cc1ccc(-c2ccccc2)cc1)C(=C)NN. The first-order valence-electron chi connectivity index (χ1n) is 6.86. The number of rotatable bonds is 6. The van der Waals surface area contributed by atoms with Crippen LogP contribution in [0.15, 0.2) is 91.2 Å². The van der Waals surface area contributed by atoms with Crippen molar-refractivity contribution in [3.05, 3.63) is 96.7 Å². The summed E-state index contributed by atoms with van der Waals surface area (Å²) in [6, 6.07) is 18.9. The molecule has 0 saturated carbocycles. The second kappa shape index (κ2) is 7.27. The fourth-order valence-electron chi connectivity index (χ4n) is 2.17. The molecule has 0 saturated heterocycles. The summed E-state index contributed by atoms with van der Waals surface area (Å²) in [6.07, 6.45) is 4.44. The van der Waals surface area contributed by atoms with Crippen molar-refractivity contribution >= 4 is 0 Å². The lowest BCUT2D eigenvalue weighted by atomic mass is 9.99. The summed E-state index contributed by atoms with van der Waals surface area (Å²) in [4.78, 5) is 0. The molecule has 2 aromatic rings. The molecule has 3 N–H and O–H groups in total. The lowest BCUT2D eigenvalue weighted by Crippen LogP contribution is -2.22. The quantitative estimate of drug-likeness (QED) is 0.476. The van der Waals surface area contributed by atoms with Gasteiger partial charge in [0.05, 0.1) is 0 Å². The Bertz CT molecular complexity index is 637. The van der Waals surface area contributed by atoms with Gasteiger partial charge in [0.15, 0.2) is 0 Å². The van der Waals surface area contributed by atoms with Crippen molar-refractivity contribution in [2.45, 2.75) is 6.42 Å². The largest absolute Gasteiger partial charge is 0.324 e. The van der Waals surface area contributed by atoms with Crippen molar-refractivity contribution in [3.63, 3.8) is 0 Å². The second-order valence-corrected chi connectivity index (χ2v) is 4.79. The summed E-state index contributed by atoms with van der Waals surface area (Å²) in [5.41, 5.74) is 7.98. The van der Waals surface area contributed by atoms with E-state index in [9.17, 15) is 0 Å². The molecule has 0 radical (unpaired) electrons. The molecule has 21 heavy (non-hydrogen) atoms. The van der Waals surface area contributed by atoms with E-state index in [1.165, 1.54) is 16.7 Å². The van der Waals surface area contributed by atoms with Crippen molar-refractivity contribution in [1.82, 2.24) is 5.43 Å². The van der Waals surface area contributed by atoms with E-state index in [1.807, 2.05) is 24.3 Å². The second-order valence-electron chi connectivity index (χ2n) is 4.79. The number of nitrogens with one attached hydrogen (secondary N) is 1. The molecule has 0 heterocycles. The lowest BCUT2D eigenvalue weighted by molar-refractivity contribution is 0.884. The first kappa shape index (κ1) is 14.8. The van der Waals surface area contributed by atoms with Crippen LogP contribution in [-0.2, 0) is 6.42 Å². The van der Waals surface area contributed by atoms with E-state index in [4.69, 9.17) is 5.84 Å². The molecule has 2 nitrogen and oxygen atoms in total. The highest BCUT2D eigenvalue weighted by atomic mass is 15.2. The maximum atomic E-state index is 5.43. The number of hydrogen-bond donors (Lipinski definition) is 2. The predicted octanol–water partition coefficient (Wildman–Crippen LogP) is 3.99. The van der Waals surface area contributed by atoms with Crippen LogP contribution < -0.4 is 11.3 Å². The zero-order chi connectivity index (χ0) is 15.1. The highest BCUT2D eigenvalue weighted by Gasteiger charge is 2.03. The zero-order valence-electron chi connectivity index (χ0n) is 12.0. The van der Waals surface area contributed by atoms with Crippen LogP contribution in [0.3, 0.4) is 0 Å². The predicted molar refractivity (Wildman–Crippen MR) is 90.3 cm³/mol. The van der Waals surface area contributed by atoms with Crippen LogP contribution in [0.25, 0.3) is 11.1 Å². The maximum absolute atomic E-state index is 5.43. The lowest BCUT2D eigenvalue weighted by Gasteiger charge is -2.10. The van der Waals surface area contributed by atoms with E-state index >= 15 is 0 Å². The summed E-state index contributed by atoms with van der Waals surface area (Å²) < 4.78 is 0. The Labute approximate surface area is 126 Å². The molecule has 0 bridgehead atoms. The normalized spacial score (nSPS) is 11.0. The Kier molecular flexibility index (Phi) is 5.13. The Hall–Kier alpha value is -2.58. The van der Waals surface area contributed by atoms with Gasteiger partial charge in [-0.3, -0.25) is 5.84 Å². The number of allylic oxidation sites excluding steroid dienone is 3. The van der Waals surface area contributed by atoms with Gasteiger partial charge in [-0.15, -0.1) is 0 Å². The molecule has 0 spiro atoms. The standard InChI is InChI=1S/C19H20N2/c1-3-7-19(15(2)21-20)14-16-10-12-18(13-11-16)17-8-5-4-6-9-17/h3-13,21H,1-2,14,20H2/b19-7-. The van der Waals surface area contributed by atoms with Crippen LogP contribution >= 0.6 is 0 Å². The van der Waals surface area contributed by atoms with Gasteiger partial charge in [0.2, 0.25) is 0 Å². The molecule has 106 valence electrons. The smallest absolute Gasteiger partial charge is 0.0448 e. The summed E-state index contributed by atoms with van der Waals surface area (Å²) in [7, 11) is 0. The molecule has 0 amide bonds. The third kappa shape index (κ3) is 3.94. The minimum Gasteiger partial charge on any atom is -0.324 e. The first-order chi connectivity index (χ1) is 10.2. The molecule has 0 atom stereocenters. The summed E-state index contributed by atoms with van der Waals surface area (Å²) >= 11 is 0. The third-order valence-electron chi connectivity index (χ3n) is 3.34. The Morgan fingerprint density at radius 2 is 1.62 bits per heavy atom. The van der Waals surface area contributed by atoms with Crippen LogP contribution in [0.4, 0.5) is 0 Å². The van der Waals surface area contributed by atoms with Gasteiger partial charge in [-0.2, -0.15) is 0 Å². The third-order valence-corrected chi connectivity index (χ3v) is 3.34. The Morgan fingerprint density at radius 1 is 1.00 bits per heavy atom. The molecule has 2 heteroatoms. The number of hydrazine groups is 1. The summed E-state index contributed by atoms with van der Waals surface area (Å²) in [6.45, 7) is 7.63.